The lowest BCUT2D eigenvalue weighted by atomic mass is 10.1. The maximum absolute atomic E-state index is 12.1. The number of esters is 1. The van der Waals surface area contributed by atoms with E-state index in [1.807, 2.05) is 26.8 Å². The Labute approximate surface area is 147 Å². The van der Waals surface area contributed by atoms with Crippen molar-refractivity contribution in [1.82, 2.24) is 10.3 Å². The van der Waals surface area contributed by atoms with Gasteiger partial charge in [0.15, 0.2) is 0 Å². The number of nitrogens with one attached hydrogen (secondary N) is 2. The maximum atomic E-state index is 12.1. The average Bonchev–Trinajstić information content (AvgIpc) is 2.54. The summed E-state index contributed by atoms with van der Waals surface area (Å²) < 4.78 is 5.05. The van der Waals surface area contributed by atoms with Gasteiger partial charge < -0.3 is 15.4 Å². The van der Waals surface area contributed by atoms with Gasteiger partial charge in [0, 0.05) is 11.7 Å². The third kappa shape index (κ3) is 5.31. The van der Waals surface area contributed by atoms with Crippen LogP contribution >= 0.6 is 0 Å². The van der Waals surface area contributed by atoms with Gasteiger partial charge in [0.1, 0.15) is 5.82 Å². The summed E-state index contributed by atoms with van der Waals surface area (Å²) >= 11 is 0. The van der Waals surface area contributed by atoms with Crippen LogP contribution in [0.15, 0.2) is 42.6 Å². The van der Waals surface area contributed by atoms with Gasteiger partial charge >= 0.3 is 5.97 Å². The van der Waals surface area contributed by atoms with E-state index in [1.54, 1.807) is 37.3 Å². The summed E-state index contributed by atoms with van der Waals surface area (Å²) in [6.45, 7) is 7.82. The molecule has 0 spiro atoms. The van der Waals surface area contributed by atoms with Crippen LogP contribution in [-0.4, -0.2) is 29.0 Å². The molecule has 6 heteroatoms. The molecule has 0 fully saturated rings. The molecule has 0 aliphatic rings. The molecule has 0 aliphatic heterocycles. The molecular weight excluding hydrogens is 318 g/mol. The number of para-hydroxylation sites is 1. The molecule has 2 aromatic rings. The van der Waals surface area contributed by atoms with E-state index in [0.29, 0.717) is 29.2 Å². The predicted molar refractivity (Wildman–Crippen MR) is 97.1 cm³/mol. The molecule has 25 heavy (non-hydrogen) atoms. The third-order valence-electron chi connectivity index (χ3n) is 3.20. The second-order valence-corrected chi connectivity index (χ2v) is 6.53. The number of benzene rings is 1. The highest BCUT2D eigenvalue weighted by Gasteiger charge is 2.16. The number of hydrogen-bond donors (Lipinski definition) is 2. The molecule has 2 rings (SSSR count). The van der Waals surface area contributed by atoms with Crippen LogP contribution in [0.2, 0.25) is 0 Å². The van der Waals surface area contributed by atoms with Gasteiger partial charge in [-0.2, -0.15) is 0 Å². The van der Waals surface area contributed by atoms with Crippen molar-refractivity contribution < 1.29 is 14.3 Å². The molecule has 0 unspecified atom stereocenters. The summed E-state index contributed by atoms with van der Waals surface area (Å²) in [4.78, 5) is 28.4. The van der Waals surface area contributed by atoms with Crippen LogP contribution in [0, 0.1) is 0 Å². The highest BCUT2D eigenvalue weighted by atomic mass is 16.5. The number of aromatic nitrogens is 1. The van der Waals surface area contributed by atoms with Crippen molar-refractivity contribution in [3.8, 4) is 0 Å². The minimum atomic E-state index is -0.397. The van der Waals surface area contributed by atoms with Crippen LogP contribution in [0.4, 0.5) is 11.5 Å². The predicted octanol–water partition coefficient (Wildman–Crippen LogP) is 3.53. The Morgan fingerprint density at radius 3 is 2.44 bits per heavy atom. The van der Waals surface area contributed by atoms with Gasteiger partial charge in [0.2, 0.25) is 0 Å². The zero-order valence-corrected chi connectivity index (χ0v) is 14.9. The van der Waals surface area contributed by atoms with E-state index in [9.17, 15) is 9.59 Å². The van der Waals surface area contributed by atoms with Crippen molar-refractivity contribution in [2.24, 2.45) is 0 Å². The highest BCUT2D eigenvalue weighted by Crippen LogP contribution is 2.20. The first-order valence-corrected chi connectivity index (χ1v) is 8.12. The van der Waals surface area contributed by atoms with Crippen molar-refractivity contribution in [3.05, 3.63) is 53.7 Å². The largest absolute Gasteiger partial charge is 0.462 e. The van der Waals surface area contributed by atoms with Crippen molar-refractivity contribution in [3.63, 3.8) is 0 Å². The van der Waals surface area contributed by atoms with Crippen LogP contribution in [-0.2, 0) is 4.74 Å². The summed E-state index contributed by atoms with van der Waals surface area (Å²) in [6, 6.07) is 10.4. The van der Waals surface area contributed by atoms with E-state index in [1.165, 1.54) is 6.20 Å². The van der Waals surface area contributed by atoms with Gasteiger partial charge in [-0.15, -0.1) is 0 Å². The van der Waals surface area contributed by atoms with E-state index in [-0.39, 0.29) is 11.4 Å². The molecule has 0 saturated carbocycles. The molecular formula is C19H23N3O3. The first-order chi connectivity index (χ1) is 11.8. The van der Waals surface area contributed by atoms with Crippen LogP contribution in [0.25, 0.3) is 0 Å². The third-order valence-corrected chi connectivity index (χ3v) is 3.20. The molecule has 1 aromatic carbocycles. The standard InChI is InChI=1S/C19H23N3O3/c1-5-25-18(24)14-8-6-7-9-15(14)21-16-11-10-13(12-20-16)17(23)22-19(2,3)4/h6-12H,5H2,1-4H3,(H,20,21)(H,22,23). The molecule has 1 heterocycles. The lowest BCUT2D eigenvalue weighted by Crippen LogP contribution is -2.40. The quantitative estimate of drug-likeness (QED) is 0.813. The van der Waals surface area contributed by atoms with Crippen LogP contribution < -0.4 is 10.6 Å². The minimum absolute atomic E-state index is 0.182. The van der Waals surface area contributed by atoms with Gasteiger partial charge in [0.05, 0.1) is 23.4 Å². The van der Waals surface area contributed by atoms with Gasteiger partial charge in [-0.05, 0) is 52.0 Å². The number of ether oxygens (including phenoxy) is 1. The van der Waals surface area contributed by atoms with Gasteiger partial charge in [-0.25, -0.2) is 9.78 Å². The molecule has 1 amide bonds. The number of nitrogens with zero attached hydrogens (tertiary/aromatic N) is 1. The van der Waals surface area contributed by atoms with E-state index >= 15 is 0 Å². The number of rotatable bonds is 5. The zero-order chi connectivity index (χ0) is 18.4. The minimum Gasteiger partial charge on any atom is -0.462 e. The Balaban J connectivity index is 2.15. The Bertz CT molecular complexity index is 749. The second kappa shape index (κ2) is 7.79. The van der Waals surface area contributed by atoms with Gasteiger partial charge in [0.25, 0.3) is 5.91 Å². The fraction of sp³-hybridized carbons (Fsp3) is 0.316. The molecule has 1 aromatic heterocycles. The molecule has 2 N–H and O–H groups in total. The molecule has 0 bridgehead atoms. The summed E-state index contributed by atoms with van der Waals surface area (Å²) in [5, 5.41) is 5.96. The Morgan fingerprint density at radius 1 is 1.12 bits per heavy atom. The van der Waals surface area contributed by atoms with E-state index in [2.05, 4.69) is 15.6 Å². The molecule has 0 saturated heterocycles. The lowest BCUT2D eigenvalue weighted by molar-refractivity contribution is 0.0527. The topological polar surface area (TPSA) is 80.3 Å². The highest BCUT2D eigenvalue weighted by molar-refractivity contribution is 5.97. The number of carbonyl (C=O) groups excluding carboxylic acids is 2. The van der Waals surface area contributed by atoms with E-state index < -0.39 is 5.97 Å². The second-order valence-electron chi connectivity index (χ2n) is 6.53. The Hall–Kier alpha value is -2.89. The molecule has 0 atom stereocenters. The normalized spacial score (nSPS) is 10.9. The van der Waals surface area contributed by atoms with Crippen LogP contribution in [0.1, 0.15) is 48.4 Å². The monoisotopic (exact) mass is 341 g/mol. The molecule has 132 valence electrons. The number of carbonyl (C=O) groups is 2. The van der Waals surface area contributed by atoms with Crippen molar-refractivity contribution in [2.45, 2.75) is 33.2 Å². The number of anilines is 2. The lowest BCUT2D eigenvalue weighted by Gasteiger charge is -2.20. The molecule has 0 aliphatic carbocycles. The number of amides is 1. The van der Waals surface area contributed by atoms with Crippen molar-refractivity contribution in [1.29, 1.82) is 0 Å². The number of pyridine rings is 1. The Kier molecular flexibility index (Phi) is 5.75. The van der Waals surface area contributed by atoms with Gasteiger partial charge in [-0.1, -0.05) is 12.1 Å². The smallest absolute Gasteiger partial charge is 0.340 e. The average molecular weight is 341 g/mol. The summed E-state index contributed by atoms with van der Waals surface area (Å²) in [7, 11) is 0. The van der Waals surface area contributed by atoms with E-state index in [4.69, 9.17) is 4.74 Å². The summed E-state index contributed by atoms with van der Waals surface area (Å²) in [5.74, 6) is -0.0469. The summed E-state index contributed by atoms with van der Waals surface area (Å²) in [6.07, 6.45) is 1.50. The number of hydrogen-bond acceptors (Lipinski definition) is 5. The fourth-order valence-corrected chi connectivity index (χ4v) is 2.13. The zero-order valence-electron chi connectivity index (χ0n) is 14.9. The Morgan fingerprint density at radius 2 is 1.84 bits per heavy atom. The SMILES string of the molecule is CCOC(=O)c1ccccc1Nc1ccc(C(=O)NC(C)(C)C)cn1. The fourth-order valence-electron chi connectivity index (χ4n) is 2.13. The first-order valence-electron chi connectivity index (χ1n) is 8.12. The molecule has 0 radical (unpaired) electrons. The first kappa shape index (κ1) is 18.4. The van der Waals surface area contributed by atoms with Crippen LogP contribution in [0.5, 0.6) is 0 Å². The summed E-state index contributed by atoms with van der Waals surface area (Å²) in [5.41, 5.74) is 1.19. The van der Waals surface area contributed by atoms with E-state index in [0.717, 1.165) is 0 Å². The van der Waals surface area contributed by atoms with Crippen LogP contribution in [0.3, 0.4) is 0 Å². The maximum Gasteiger partial charge on any atom is 0.340 e. The van der Waals surface area contributed by atoms with Gasteiger partial charge in [-0.3, -0.25) is 4.79 Å². The van der Waals surface area contributed by atoms with Crippen molar-refractivity contribution >= 4 is 23.4 Å². The van der Waals surface area contributed by atoms with Crippen molar-refractivity contribution in [2.75, 3.05) is 11.9 Å². The molecule has 6 nitrogen and oxygen atoms in total.